The van der Waals surface area contributed by atoms with Gasteiger partial charge in [-0.3, -0.25) is 14.9 Å². The van der Waals surface area contributed by atoms with E-state index in [1.807, 2.05) is 6.07 Å². The smallest absolute Gasteiger partial charge is 0.266 e. The molecule has 0 aliphatic heterocycles. The Hall–Kier alpha value is -2.54. The lowest BCUT2D eigenvalue weighted by Crippen LogP contribution is -2.18. The monoisotopic (exact) mass is 357 g/mol. The molecule has 0 unspecified atom stereocenters. The first kappa shape index (κ1) is 17.3. The van der Waals surface area contributed by atoms with Gasteiger partial charge in [-0.15, -0.1) is 11.3 Å². The first-order valence-electron chi connectivity index (χ1n) is 8.15. The summed E-state index contributed by atoms with van der Waals surface area (Å²) in [6.45, 7) is 3.94. The molecule has 0 bridgehead atoms. The van der Waals surface area contributed by atoms with Gasteiger partial charge in [-0.05, 0) is 43.7 Å². The molecule has 0 saturated carbocycles. The molecule has 3 rings (SSSR count). The van der Waals surface area contributed by atoms with Crippen LogP contribution in [0.1, 0.15) is 45.9 Å². The van der Waals surface area contributed by atoms with E-state index in [1.165, 1.54) is 40.3 Å². The number of nitro groups is 1. The molecular formula is C18H19N3O3S. The van der Waals surface area contributed by atoms with Crippen molar-refractivity contribution in [1.82, 2.24) is 5.43 Å². The van der Waals surface area contributed by atoms with Crippen LogP contribution in [0.4, 0.5) is 5.69 Å². The third-order valence-electron chi connectivity index (χ3n) is 4.35. The maximum Gasteiger partial charge on any atom is 0.281 e. The predicted molar refractivity (Wildman–Crippen MR) is 98.3 cm³/mol. The summed E-state index contributed by atoms with van der Waals surface area (Å²) < 4.78 is 0. The van der Waals surface area contributed by atoms with Gasteiger partial charge >= 0.3 is 0 Å². The number of rotatable bonds is 4. The highest BCUT2D eigenvalue weighted by atomic mass is 32.1. The number of fused-ring (bicyclic) bond motifs is 1. The van der Waals surface area contributed by atoms with Gasteiger partial charge in [-0.2, -0.15) is 5.10 Å². The summed E-state index contributed by atoms with van der Waals surface area (Å²) in [4.78, 5) is 24.7. The van der Waals surface area contributed by atoms with Crippen LogP contribution < -0.4 is 5.43 Å². The van der Waals surface area contributed by atoms with Crippen molar-refractivity contribution < 1.29 is 9.72 Å². The SMILES string of the molecule is C/C(=N/NC(=O)c1cc2c(s1)CC[C@H](C)C2)c1cccc([N+](=O)[O-])c1. The molecule has 1 amide bonds. The van der Waals surface area contributed by atoms with E-state index in [4.69, 9.17) is 0 Å². The normalized spacial score (nSPS) is 17.0. The topological polar surface area (TPSA) is 84.6 Å². The average molecular weight is 357 g/mol. The van der Waals surface area contributed by atoms with Gasteiger partial charge in [0, 0.05) is 22.6 Å². The Morgan fingerprint density at radius 2 is 2.20 bits per heavy atom. The fourth-order valence-electron chi connectivity index (χ4n) is 2.92. The quantitative estimate of drug-likeness (QED) is 0.511. The van der Waals surface area contributed by atoms with E-state index in [-0.39, 0.29) is 11.6 Å². The zero-order valence-electron chi connectivity index (χ0n) is 14.1. The fraction of sp³-hybridized carbons (Fsp3) is 0.333. The summed E-state index contributed by atoms with van der Waals surface area (Å²) in [5.41, 5.74) is 4.95. The molecule has 130 valence electrons. The number of nitrogens with zero attached hydrogens (tertiary/aromatic N) is 2. The minimum atomic E-state index is -0.452. The number of nitro benzene ring substituents is 1. The lowest BCUT2D eigenvalue weighted by atomic mass is 9.90. The maximum atomic E-state index is 12.3. The van der Waals surface area contributed by atoms with Crippen molar-refractivity contribution in [3.8, 4) is 0 Å². The number of aryl methyl sites for hydroxylation is 1. The van der Waals surface area contributed by atoms with Crippen LogP contribution in [-0.2, 0) is 12.8 Å². The van der Waals surface area contributed by atoms with Crippen LogP contribution in [-0.4, -0.2) is 16.5 Å². The Morgan fingerprint density at radius 1 is 1.40 bits per heavy atom. The molecule has 1 heterocycles. The molecule has 0 radical (unpaired) electrons. The van der Waals surface area contributed by atoms with Gasteiger partial charge in [0.15, 0.2) is 0 Å². The number of carbonyl (C=O) groups excluding carboxylic acids is 1. The maximum absolute atomic E-state index is 12.3. The van der Waals surface area contributed by atoms with Crippen LogP contribution >= 0.6 is 11.3 Å². The van der Waals surface area contributed by atoms with Crippen molar-refractivity contribution in [3.63, 3.8) is 0 Å². The zero-order valence-corrected chi connectivity index (χ0v) is 14.9. The number of amides is 1. The van der Waals surface area contributed by atoms with Gasteiger partial charge in [0.2, 0.25) is 0 Å². The molecule has 1 aliphatic carbocycles. The number of hydrazone groups is 1. The molecule has 1 aromatic carbocycles. The van der Waals surface area contributed by atoms with Crippen molar-refractivity contribution in [2.24, 2.45) is 11.0 Å². The number of nitrogens with one attached hydrogen (secondary N) is 1. The molecule has 2 aromatic rings. The standard InChI is InChI=1S/C18H19N3O3S/c1-11-6-7-16-14(8-11)10-17(25-16)18(22)20-19-12(2)13-4-3-5-15(9-13)21(23)24/h3-5,9-11H,6-8H2,1-2H3,(H,20,22)/b19-12-/t11-/m0/s1. The van der Waals surface area contributed by atoms with Gasteiger partial charge in [0.05, 0.1) is 15.5 Å². The number of non-ortho nitro benzene ring substituents is 1. The van der Waals surface area contributed by atoms with Gasteiger partial charge in [-0.25, -0.2) is 5.43 Å². The minimum Gasteiger partial charge on any atom is -0.266 e. The van der Waals surface area contributed by atoms with E-state index in [2.05, 4.69) is 17.5 Å². The molecule has 6 nitrogen and oxygen atoms in total. The molecule has 1 N–H and O–H groups in total. The highest BCUT2D eigenvalue weighted by molar-refractivity contribution is 7.14. The first-order valence-corrected chi connectivity index (χ1v) is 8.96. The number of hydrogen-bond acceptors (Lipinski definition) is 5. The van der Waals surface area contributed by atoms with E-state index in [1.54, 1.807) is 19.1 Å². The van der Waals surface area contributed by atoms with E-state index in [9.17, 15) is 14.9 Å². The number of carbonyl (C=O) groups is 1. The van der Waals surface area contributed by atoms with E-state index in [0.717, 1.165) is 12.8 Å². The van der Waals surface area contributed by atoms with E-state index < -0.39 is 4.92 Å². The van der Waals surface area contributed by atoms with Gasteiger partial charge in [0.1, 0.15) is 0 Å². The Balaban J connectivity index is 1.72. The Morgan fingerprint density at radius 3 is 2.96 bits per heavy atom. The first-order chi connectivity index (χ1) is 11.9. The number of hydrogen-bond donors (Lipinski definition) is 1. The summed E-state index contributed by atoms with van der Waals surface area (Å²) in [6.07, 6.45) is 3.22. The van der Waals surface area contributed by atoms with Crippen LogP contribution in [0, 0.1) is 16.0 Å². The second-order valence-electron chi connectivity index (χ2n) is 6.35. The largest absolute Gasteiger partial charge is 0.281 e. The van der Waals surface area contributed by atoms with Gasteiger partial charge < -0.3 is 0 Å². The van der Waals surface area contributed by atoms with Crippen molar-refractivity contribution in [3.05, 3.63) is 61.3 Å². The number of benzene rings is 1. The van der Waals surface area contributed by atoms with Crippen LogP contribution in [0.5, 0.6) is 0 Å². The summed E-state index contributed by atoms with van der Waals surface area (Å²) in [7, 11) is 0. The van der Waals surface area contributed by atoms with Crippen LogP contribution in [0.15, 0.2) is 35.4 Å². The molecule has 0 fully saturated rings. The number of thiophene rings is 1. The summed E-state index contributed by atoms with van der Waals surface area (Å²) in [6, 6.07) is 8.15. The second-order valence-corrected chi connectivity index (χ2v) is 7.49. The third kappa shape index (κ3) is 3.93. The molecule has 1 atom stereocenters. The molecule has 7 heteroatoms. The van der Waals surface area contributed by atoms with Gasteiger partial charge in [-0.1, -0.05) is 19.1 Å². The van der Waals surface area contributed by atoms with E-state index >= 15 is 0 Å². The highest BCUT2D eigenvalue weighted by Gasteiger charge is 2.20. The van der Waals surface area contributed by atoms with Crippen molar-refractivity contribution in [2.75, 3.05) is 0 Å². The van der Waals surface area contributed by atoms with Gasteiger partial charge in [0.25, 0.3) is 11.6 Å². The molecule has 1 aliphatic rings. The van der Waals surface area contributed by atoms with Crippen LogP contribution in [0.25, 0.3) is 0 Å². The third-order valence-corrected chi connectivity index (χ3v) is 5.59. The Labute approximate surface area is 149 Å². The minimum absolute atomic E-state index is 0.00146. The Kier molecular flexibility index (Phi) is 4.94. The lowest BCUT2D eigenvalue weighted by molar-refractivity contribution is -0.384. The van der Waals surface area contributed by atoms with E-state index in [0.29, 0.717) is 22.1 Å². The van der Waals surface area contributed by atoms with Crippen molar-refractivity contribution >= 4 is 28.6 Å². The second kappa shape index (κ2) is 7.14. The fourth-order valence-corrected chi connectivity index (χ4v) is 4.01. The summed E-state index contributed by atoms with van der Waals surface area (Å²) in [5.74, 6) is 0.420. The zero-order chi connectivity index (χ0) is 18.0. The molecule has 1 aromatic heterocycles. The molecule has 0 spiro atoms. The highest BCUT2D eigenvalue weighted by Crippen LogP contribution is 2.32. The molecule has 0 saturated heterocycles. The molecule has 25 heavy (non-hydrogen) atoms. The average Bonchev–Trinajstić information content (AvgIpc) is 3.02. The van der Waals surface area contributed by atoms with Crippen molar-refractivity contribution in [2.45, 2.75) is 33.1 Å². The predicted octanol–water partition coefficient (Wildman–Crippen LogP) is 3.94. The van der Waals surface area contributed by atoms with Crippen LogP contribution in [0.3, 0.4) is 0 Å². The summed E-state index contributed by atoms with van der Waals surface area (Å²) in [5, 5.41) is 14.9. The lowest BCUT2D eigenvalue weighted by Gasteiger charge is -2.16. The molecular weight excluding hydrogens is 338 g/mol. The van der Waals surface area contributed by atoms with Crippen molar-refractivity contribution in [1.29, 1.82) is 0 Å². The van der Waals surface area contributed by atoms with Crippen LogP contribution in [0.2, 0.25) is 0 Å². The summed E-state index contributed by atoms with van der Waals surface area (Å²) >= 11 is 1.53. The Bertz CT molecular complexity index is 857.